The molecule has 0 spiro atoms. The van der Waals surface area contributed by atoms with Gasteiger partial charge in [-0.2, -0.15) is 0 Å². The molecular formula is C19H20F2N2O2. The Hall–Kier alpha value is -2.76. The van der Waals surface area contributed by atoms with E-state index in [2.05, 4.69) is 5.32 Å². The van der Waals surface area contributed by atoms with Crippen LogP contribution in [0.1, 0.15) is 25.8 Å². The number of nitrogens with one attached hydrogen (secondary N) is 1. The van der Waals surface area contributed by atoms with E-state index in [0.29, 0.717) is 6.07 Å². The normalized spacial score (nSPS) is 10.4. The monoisotopic (exact) mass is 346 g/mol. The Morgan fingerprint density at radius 2 is 1.84 bits per heavy atom. The molecule has 0 radical (unpaired) electrons. The van der Waals surface area contributed by atoms with Crippen LogP contribution >= 0.6 is 0 Å². The summed E-state index contributed by atoms with van der Waals surface area (Å²) < 4.78 is 26.9. The number of halogens is 2. The van der Waals surface area contributed by atoms with E-state index in [1.54, 1.807) is 6.07 Å². The number of anilines is 2. The molecule has 6 heteroatoms. The Bertz CT molecular complexity index is 778. The Morgan fingerprint density at radius 1 is 1.12 bits per heavy atom. The van der Waals surface area contributed by atoms with E-state index in [1.807, 2.05) is 25.1 Å². The van der Waals surface area contributed by atoms with Crippen LogP contribution in [0.2, 0.25) is 0 Å². The number of carbonyl (C=O) groups excluding carboxylic acids is 2. The van der Waals surface area contributed by atoms with Gasteiger partial charge < -0.3 is 10.2 Å². The second-order valence-electron chi connectivity index (χ2n) is 5.58. The van der Waals surface area contributed by atoms with Gasteiger partial charge in [-0.05, 0) is 30.2 Å². The van der Waals surface area contributed by atoms with Crippen LogP contribution in [0.4, 0.5) is 20.2 Å². The van der Waals surface area contributed by atoms with Gasteiger partial charge in [-0.15, -0.1) is 0 Å². The summed E-state index contributed by atoms with van der Waals surface area (Å²) in [6.45, 7) is 3.25. The van der Waals surface area contributed by atoms with Gasteiger partial charge in [0.2, 0.25) is 11.8 Å². The van der Waals surface area contributed by atoms with E-state index >= 15 is 0 Å². The zero-order valence-corrected chi connectivity index (χ0v) is 14.2. The fourth-order valence-corrected chi connectivity index (χ4v) is 2.52. The number of hydrogen-bond acceptors (Lipinski definition) is 2. The molecule has 0 heterocycles. The third kappa shape index (κ3) is 4.86. The van der Waals surface area contributed by atoms with E-state index in [9.17, 15) is 18.4 Å². The maximum absolute atomic E-state index is 13.9. The third-order valence-electron chi connectivity index (χ3n) is 3.82. The van der Waals surface area contributed by atoms with Crippen molar-refractivity contribution in [2.45, 2.75) is 26.7 Å². The number of rotatable bonds is 6. The second-order valence-corrected chi connectivity index (χ2v) is 5.58. The van der Waals surface area contributed by atoms with Gasteiger partial charge in [0.1, 0.15) is 11.6 Å². The molecule has 0 unspecified atom stereocenters. The Kier molecular flexibility index (Phi) is 6.22. The SMILES string of the molecule is CCc1ccccc1NC(=O)CCN(C(C)=O)c1ccc(F)cc1F. The van der Waals surface area contributed by atoms with Gasteiger partial charge in [0, 0.05) is 31.6 Å². The summed E-state index contributed by atoms with van der Waals surface area (Å²) >= 11 is 0. The Morgan fingerprint density at radius 3 is 2.48 bits per heavy atom. The van der Waals surface area contributed by atoms with E-state index < -0.39 is 17.5 Å². The second kappa shape index (κ2) is 8.37. The molecule has 0 saturated heterocycles. The van der Waals surface area contributed by atoms with Gasteiger partial charge >= 0.3 is 0 Å². The number of benzene rings is 2. The van der Waals surface area contributed by atoms with Crippen molar-refractivity contribution >= 4 is 23.2 Å². The highest BCUT2D eigenvalue weighted by molar-refractivity contribution is 5.95. The molecule has 4 nitrogen and oxygen atoms in total. The van der Waals surface area contributed by atoms with Crippen molar-refractivity contribution < 1.29 is 18.4 Å². The minimum Gasteiger partial charge on any atom is -0.326 e. The van der Waals surface area contributed by atoms with Crippen LogP contribution in [0.3, 0.4) is 0 Å². The molecule has 2 aromatic carbocycles. The summed E-state index contributed by atoms with van der Waals surface area (Å²) in [4.78, 5) is 25.1. The Balaban J connectivity index is 2.06. The van der Waals surface area contributed by atoms with Crippen LogP contribution in [0.25, 0.3) is 0 Å². The Labute approximate surface area is 145 Å². The molecule has 2 aromatic rings. The number of nitrogens with zero attached hydrogens (tertiary/aromatic N) is 1. The lowest BCUT2D eigenvalue weighted by molar-refractivity contribution is -0.117. The van der Waals surface area contributed by atoms with E-state index in [-0.39, 0.29) is 24.6 Å². The number of aryl methyl sites for hydroxylation is 1. The van der Waals surface area contributed by atoms with Crippen LogP contribution in [0, 0.1) is 11.6 Å². The predicted octanol–water partition coefficient (Wildman–Crippen LogP) is 3.91. The van der Waals surface area contributed by atoms with Gasteiger partial charge in [0.15, 0.2) is 0 Å². The molecule has 0 aromatic heterocycles. The van der Waals surface area contributed by atoms with Crippen LogP contribution in [0.5, 0.6) is 0 Å². The third-order valence-corrected chi connectivity index (χ3v) is 3.82. The molecule has 2 rings (SSSR count). The lowest BCUT2D eigenvalue weighted by Crippen LogP contribution is -2.32. The fourth-order valence-electron chi connectivity index (χ4n) is 2.52. The number of amides is 2. The quantitative estimate of drug-likeness (QED) is 0.862. The zero-order chi connectivity index (χ0) is 18.4. The minimum atomic E-state index is -0.841. The summed E-state index contributed by atoms with van der Waals surface area (Å²) in [5, 5.41) is 2.80. The summed E-state index contributed by atoms with van der Waals surface area (Å²) in [6.07, 6.45) is 0.769. The summed E-state index contributed by atoms with van der Waals surface area (Å²) in [6, 6.07) is 10.4. The van der Waals surface area contributed by atoms with Crippen molar-refractivity contribution in [2.24, 2.45) is 0 Å². The topological polar surface area (TPSA) is 49.4 Å². The molecule has 25 heavy (non-hydrogen) atoms. The molecule has 0 bridgehead atoms. The van der Waals surface area contributed by atoms with Crippen molar-refractivity contribution in [1.29, 1.82) is 0 Å². The van der Waals surface area contributed by atoms with Crippen LogP contribution in [-0.2, 0) is 16.0 Å². The van der Waals surface area contributed by atoms with Crippen LogP contribution < -0.4 is 10.2 Å². The first-order valence-electron chi connectivity index (χ1n) is 8.03. The largest absolute Gasteiger partial charge is 0.326 e. The first-order chi connectivity index (χ1) is 11.9. The van der Waals surface area contributed by atoms with Gasteiger partial charge in [-0.25, -0.2) is 8.78 Å². The number of hydrogen-bond donors (Lipinski definition) is 1. The standard InChI is InChI=1S/C19H20F2N2O2/c1-3-14-6-4-5-7-17(14)22-19(25)10-11-23(13(2)24)18-9-8-15(20)12-16(18)21/h4-9,12H,3,10-11H2,1-2H3,(H,22,25). The zero-order valence-electron chi connectivity index (χ0n) is 14.2. The summed E-state index contributed by atoms with van der Waals surface area (Å²) in [5.74, 6) is -2.27. The average Bonchev–Trinajstić information content (AvgIpc) is 2.57. The highest BCUT2D eigenvalue weighted by Crippen LogP contribution is 2.21. The molecule has 0 saturated carbocycles. The number of para-hydroxylation sites is 1. The predicted molar refractivity (Wildman–Crippen MR) is 93.5 cm³/mol. The smallest absolute Gasteiger partial charge is 0.226 e. The van der Waals surface area contributed by atoms with Gasteiger partial charge in [0.05, 0.1) is 5.69 Å². The van der Waals surface area contributed by atoms with E-state index in [4.69, 9.17) is 0 Å². The lowest BCUT2D eigenvalue weighted by Gasteiger charge is -2.21. The van der Waals surface area contributed by atoms with E-state index in [0.717, 1.165) is 28.6 Å². The highest BCUT2D eigenvalue weighted by Gasteiger charge is 2.18. The molecule has 0 aliphatic heterocycles. The summed E-state index contributed by atoms with van der Waals surface area (Å²) in [5.41, 5.74) is 1.68. The lowest BCUT2D eigenvalue weighted by atomic mass is 10.1. The highest BCUT2D eigenvalue weighted by atomic mass is 19.1. The van der Waals surface area contributed by atoms with Gasteiger partial charge in [0.25, 0.3) is 0 Å². The molecule has 0 aliphatic carbocycles. The van der Waals surface area contributed by atoms with Crippen molar-refractivity contribution in [1.82, 2.24) is 0 Å². The molecule has 132 valence electrons. The first-order valence-corrected chi connectivity index (χ1v) is 8.03. The maximum Gasteiger partial charge on any atom is 0.226 e. The molecule has 0 aliphatic rings. The fraction of sp³-hybridized carbons (Fsp3) is 0.263. The minimum absolute atomic E-state index is 0.00197. The van der Waals surface area contributed by atoms with Gasteiger partial charge in [-0.1, -0.05) is 25.1 Å². The van der Waals surface area contributed by atoms with Crippen molar-refractivity contribution in [3.8, 4) is 0 Å². The molecule has 2 amide bonds. The van der Waals surface area contributed by atoms with Gasteiger partial charge in [-0.3, -0.25) is 9.59 Å². The van der Waals surface area contributed by atoms with Crippen molar-refractivity contribution in [2.75, 3.05) is 16.8 Å². The maximum atomic E-state index is 13.9. The number of carbonyl (C=O) groups is 2. The van der Waals surface area contributed by atoms with E-state index in [1.165, 1.54) is 13.0 Å². The van der Waals surface area contributed by atoms with Crippen LogP contribution in [0.15, 0.2) is 42.5 Å². The molecule has 0 atom stereocenters. The average molecular weight is 346 g/mol. The van der Waals surface area contributed by atoms with Crippen LogP contribution in [-0.4, -0.2) is 18.4 Å². The van der Waals surface area contributed by atoms with Crippen molar-refractivity contribution in [3.05, 3.63) is 59.7 Å². The molecular weight excluding hydrogens is 326 g/mol. The molecule has 1 N–H and O–H groups in total. The van der Waals surface area contributed by atoms with Crippen molar-refractivity contribution in [3.63, 3.8) is 0 Å². The first kappa shape index (κ1) is 18.6. The summed E-state index contributed by atoms with van der Waals surface area (Å²) in [7, 11) is 0. The molecule has 0 fully saturated rings.